The van der Waals surface area contributed by atoms with Crippen molar-refractivity contribution in [1.82, 2.24) is 4.90 Å². The highest BCUT2D eigenvalue weighted by atomic mass is 35.5. The number of halogens is 2. The normalized spacial score (nSPS) is 19.7. The Hall–Kier alpha value is -1.44. The molecule has 1 unspecified atom stereocenters. The fourth-order valence-electron chi connectivity index (χ4n) is 3.38. The molecular formula is C21H23Cl2N. The highest BCUT2D eigenvalue weighted by Gasteiger charge is 2.24. The van der Waals surface area contributed by atoms with Gasteiger partial charge in [0.15, 0.2) is 0 Å². The molecular weight excluding hydrogens is 337 g/mol. The predicted molar refractivity (Wildman–Crippen MR) is 105 cm³/mol. The van der Waals surface area contributed by atoms with Crippen molar-refractivity contribution in [2.24, 2.45) is 0 Å². The van der Waals surface area contributed by atoms with E-state index in [1.54, 1.807) is 0 Å². The van der Waals surface area contributed by atoms with Crippen LogP contribution in [0.2, 0.25) is 5.02 Å². The fraction of sp³-hybridized carbons (Fsp3) is 0.333. The van der Waals surface area contributed by atoms with Crippen LogP contribution in [0.15, 0.2) is 60.3 Å². The summed E-state index contributed by atoms with van der Waals surface area (Å²) < 4.78 is 0. The van der Waals surface area contributed by atoms with Crippen molar-refractivity contribution in [1.29, 1.82) is 0 Å². The van der Waals surface area contributed by atoms with Crippen molar-refractivity contribution in [3.8, 4) is 0 Å². The van der Waals surface area contributed by atoms with Gasteiger partial charge in [0.1, 0.15) is 0 Å². The van der Waals surface area contributed by atoms with E-state index in [2.05, 4.69) is 59.5 Å². The van der Waals surface area contributed by atoms with Crippen LogP contribution < -0.4 is 0 Å². The highest BCUT2D eigenvalue weighted by molar-refractivity contribution is 6.30. The van der Waals surface area contributed by atoms with E-state index in [4.69, 9.17) is 23.2 Å². The molecule has 3 rings (SSSR count). The lowest BCUT2D eigenvalue weighted by molar-refractivity contribution is 0.276. The van der Waals surface area contributed by atoms with Crippen molar-refractivity contribution in [3.05, 3.63) is 76.4 Å². The molecule has 0 bridgehead atoms. The molecule has 1 aliphatic heterocycles. The second kappa shape index (κ2) is 8.60. The molecule has 1 fully saturated rings. The third-order valence-electron chi connectivity index (χ3n) is 4.62. The first-order chi connectivity index (χ1) is 11.8. The maximum atomic E-state index is 6.19. The quantitative estimate of drug-likeness (QED) is 0.575. The first kappa shape index (κ1) is 17.4. The number of hydrogen-bond acceptors (Lipinski definition) is 1. The average Bonchev–Trinajstić information content (AvgIpc) is 2.61. The molecule has 1 atom stereocenters. The van der Waals surface area contributed by atoms with E-state index in [9.17, 15) is 0 Å². The van der Waals surface area contributed by atoms with Gasteiger partial charge in [-0.2, -0.15) is 0 Å². The molecule has 1 heterocycles. The first-order valence-electron chi connectivity index (χ1n) is 8.58. The number of allylic oxidation sites excluding steroid dienone is 1. The molecule has 3 heteroatoms. The van der Waals surface area contributed by atoms with Crippen LogP contribution in [0.3, 0.4) is 0 Å². The number of alkyl halides is 1. The van der Waals surface area contributed by atoms with Gasteiger partial charge in [-0.05, 0) is 54.5 Å². The van der Waals surface area contributed by atoms with Crippen molar-refractivity contribution < 1.29 is 0 Å². The summed E-state index contributed by atoms with van der Waals surface area (Å²) in [6.45, 7) is 2.11. The van der Waals surface area contributed by atoms with Gasteiger partial charge in [-0.15, -0.1) is 11.6 Å². The molecule has 2 aromatic carbocycles. The van der Waals surface area contributed by atoms with E-state index in [1.807, 2.05) is 6.07 Å². The van der Waals surface area contributed by atoms with Gasteiger partial charge in [-0.25, -0.2) is 0 Å². The minimum Gasteiger partial charge on any atom is -0.375 e. The van der Waals surface area contributed by atoms with Crippen LogP contribution in [0.25, 0.3) is 6.08 Å². The zero-order valence-electron chi connectivity index (χ0n) is 13.8. The van der Waals surface area contributed by atoms with E-state index >= 15 is 0 Å². The number of likely N-dealkylation sites (tertiary alicyclic amines) is 1. The number of piperidine rings is 1. The summed E-state index contributed by atoms with van der Waals surface area (Å²) in [5.74, 6) is 1.25. The summed E-state index contributed by atoms with van der Waals surface area (Å²) in [5, 5.41) is 0.825. The molecule has 24 heavy (non-hydrogen) atoms. The first-order valence-corrected chi connectivity index (χ1v) is 9.49. The standard InChI is InChI=1S/C21H23Cl2N/c22-11-5-12-24-13-10-19(18-8-4-9-20(23)15-18)16-21(24)14-17-6-2-1-3-7-17/h1-4,6-9,14-15,19H,5,10-13,16H2. The largest absolute Gasteiger partial charge is 0.375 e. The Balaban J connectivity index is 1.83. The monoisotopic (exact) mass is 359 g/mol. The number of benzene rings is 2. The Labute approximate surface area is 154 Å². The van der Waals surface area contributed by atoms with Crippen LogP contribution in [0.5, 0.6) is 0 Å². The van der Waals surface area contributed by atoms with Gasteiger partial charge in [-0.3, -0.25) is 0 Å². The average molecular weight is 360 g/mol. The van der Waals surface area contributed by atoms with Crippen LogP contribution in [0.1, 0.15) is 36.3 Å². The molecule has 0 spiro atoms. The summed E-state index contributed by atoms with van der Waals surface area (Å²) >= 11 is 12.1. The molecule has 1 nitrogen and oxygen atoms in total. The predicted octanol–water partition coefficient (Wildman–Crippen LogP) is 6.19. The summed E-state index contributed by atoms with van der Waals surface area (Å²) in [6, 6.07) is 18.9. The molecule has 1 aliphatic rings. The van der Waals surface area contributed by atoms with E-state index in [1.165, 1.54) is 16.8 Å². The third kappa shape index (κ3) is 4.55. The minimum atomic E-state index is 0.533. The van der Waals surface area contributed by atoms with E-state index in [0.29, 0.717) is 11.8 Å². The van der Waals surface area contributed by atoms with Gasteiger partial charge in [-0.1, -0.05) is 54.1 Å². The van der Waals surface area contributed by atoms with Crippen molar-refractivity contribution in [2.75, 3.05) is 19.0 Å². The zero-order chi connectivity index (χ0) is 16.8. The summed E-state index contributed by atoms with van der Waals surface area (Å²) in [4.78, 5) is 2.50. The molecule has 1 saturated heterocycles. The molecule has 0 radical (unpaired) electrons. The van der Waals surface area contributed by atoms with Crippen molar-refractivity contribution >= 4 is 29.3 Å². The Morgan fingerprint density at radius 3 is 2.67 bits per heavy atom. The summed E-state index contributed by atoms with van der Waals surface area (Å²) in [7, 11) is 0. The van der Waals surface area contributed by atoms with Gasteiger partial charge in [0, 0.05) is 29.7 Å². The van der Waals surface area contributed by atoms with E-state index in [0.717, 1.165) is 37.4 Å². The van der Waals surface area contributed by atoms with Gasteiger partial charge < -0.3 is 4.90 Å². The summed E-state index contributed by atoms with van der Waals surface area (Å²) in [6.07, 6.45) is 5.56. The number of rotatable bonds is 5. The molecule has 0 aliphatic carbocycles. The minimum absolute atomic E-state index is 0.533. The lowest BCUT2D eigenvalue weighted by Crippen LogP contribution is -2.32. The van der Waals surface area contributed by atoms with Gasteiger partial charge >= 0.3 is 0 Å². The lowest BCUT2D eigenvalue weighted by atomic mass is 9.87. The maximum absolute atomic E-state index is 6.19. The fourth-order valence-corrected chi connectivity index (χ4v) is 3.70. The second-order valence-corrected chi connectivity index (χ2v) is 7.14. The van der Waals surface area contributed by atoms with Crippen LogP contribution in [0, 0.1) is 0 Å². The topological polar surface area (TPSA) is 3.24 Å². The molecule has 2 aromatic rings. The van der Waals surface area contributed by atoms with Gasteiger partial charge in [0.05, 0.1) is 0 Å². The second-order valence-electron chi connectivity index (χ2n) is 6.32. The van der Waals surface area contributed by atoms with Crippen molar-refractivity contribution in [3.63, 3.8) is 0 Å². The molecule has 0 saturated carbocycles. The maximum Gasteiger partial charge on any atom is 0.0408 e. The molecule has 0 amide bonds. The Morgan fingerprint density at radius 1 is 1.08 bits per heavy atom. The SMILES string of the molecule is ClCCCN1CCC(c2cccc(Cl)c2)CC1=Cc1ccccc1. The number of nitrogens with zero attached hydrogens (tertiary/aromatic N) is 1. The molecule has 126 valence electrons. The van der Waals surface area contributed by atoms with Crippen LogP contribution >= 0.6 is 23.2 Å². The summed E-state index contributed by atoms with van der Waals surface area (Å²) in [5.41, 5.74) is 4.01. The smallest absolute Gasteiger partial charge is 0.0408 e. The highest BCUT2D eigenvalue weighted by Crippen LogP contribution is 2.35. The third-order valence-corrected chi connectivity index (χ3v) is 5.13. The molecule has 0 aromatic heterocycles. The number of hydrogen-bond donors (Lipinski definition) is 0. The Bertz CT molecular complexity index is 681. The van der Waals surface area contributed by atoms with Crippen molar-refractivity contribution in [2.45, 2.75) is 25.2 Å². The van der Waals surface area contributed by atoms with Gasteiger partial charge in [0.2, 0.25) is 0 Å². The van der Waals surface area contributed by atoms with E-state index < -0.39 is 0 Å². The lowest BCUT2D eigenvalue weighted by Gasteiger charge is -2.36. The van der Waals surface area contributed by atoms with Crippen LogP contribution in [0.4, 0.5) is 0 Å². The zero-order valence-corrected chi connectivity index (χ0v) is 15.3. The Morgan fingerprint density at radius 2 is 1.92 bits per heavy atom. The molecule has 0 N–H and O–H groups in total. The Kier molecular flexibility index (Phi) is 6.23. The van der Waals surface area contributed by atoms with Gasteiger partial charge in [0.25, 0.3) is 0 Å². The van der Waals surface area contributed by atoms with Crippen LogP contribution in [-0.2, 0) is 0 Å². The van der Waals surface area contributed by atoms with E-state index in [-0.39, 0.29) is 0 Å². The van der Waals surface area contributed by atoms with Crippen LogP contribution in [-0.4, -0.2) is 23.9 Å².